The van der Waals surface area contributed by atoms with Crippen molar-refractivity contribution in [3.8, 4) is 11.5 Å². The first-order valence-electron chi connectivity index (χ1n) is 16.0. The van der Waals surface area contributed by atoms with Gasteiger partial charge in [-0.2, -0.15) is 0 Å². The smallest absolute Gasteiger partial charge is 0.407 e. The molecule has 2 aromatic rings. The molecule has 1 N–H and O–H groups in total. The second kappa shape index (κ2) is 13.9. The Morgan fingerprint density at radius 1 is 1.00 bits per heavy atom. The summed E-state index contributed by atoms with van der Waals surface area (Å²) in [5.41, 5.74) is 0.854. The van der Waals surface area contributed by atoms with E-state index in [-0.39, 0.29) is 43.0 Å². The zero-order chi connectivity index (χ0) is 32.3. The average molecular weight is 686 g/mol. The summed E-state index contributed by atoms with van der Waals surface area (Å²) in [5, 5.41) is 9.22. The second-order valence-electron chi connectivity index (χ2n) is 13.1. The van der Waals surface area contributed by atoms with Crippen LogP contribution in [-0.4, -0.2) is 94.7 Å². The molecule has 1 unspecified atom stereocenters. The van der Waals surface area contributed by atoms with Gasteiger partial charge in [0.15, 0.2) is 5.60 Å². The van der Waals surface area contributed by atoms with Crippen LogP contribution < -0.4 is 14.4 Å². The number of hydrogen-bond acceptors (Lipinski definition) is 6. The Balaban J connectivity index is 1.24. The fourth-order valence-electron chi connectivity index (χ4n) is 6.19. The molecule has 0 bridgehead atoms. The van der Waals surface area contributed by atoms with E-state index in [1.165, 1.54) is 4.90 Å². The Morgan fingerprint density at radius 2 is 1.71 bits per heavy atom. The van der Waals surface area contributed by atoms with E-state index in [1.54, 1.807) is 18.7 Å². The summed E-state index contributed by atoms with van der Waals surface area (Å²) >= 11 is 3.55. The largest absolute Gasteiger partial charge is 0.491 e. The van der Waals surface area contributed by atoms with Crippen molar-refractivity contribution in [2.45, 2.75) is 77.7 Å². The van der Waals surface area contributed by atoms with Crippen molar-refractivity contribution < 1.29 is 29.0 Å². The predicted octanol–water partition coefficient (Wildman–Crippen LogP) is 5.62. The van der Waals surface area contributed by atoms with Crippen molar-refractivity contribution in [3.63, 3.8) is 0 Å². The second-order valence-corrected chi connectivity index (χ2v) is 14.0. The molecule has 3 fully saturated rings. The van der Waals surface area contributed by atoms with Gasteiger partial charge >= 0.3 is 6.09 Å². The maximum atomic E-state index is 14.0. The number of nitrogens with zero attached hydrogens (tertiary/aromatic N) is 4. The van der Waals surface area contributed by atoms with Crippen molar-refractivity contribution in [2.75, 3.05) is 44.2 Å². The van der Waals surface area contributed by atoms with E-state index in [9.17, 15) is 19.5 Å². The summed E-state index contributed by atoms with van der Waals surface area (Å²) in [6, 6.07) is 14.0. The number of benzene rings is 2. The van der Waals surface area contributed by atoms with Crippen LogP contribution in [0.5, 0.6) is 11.5 Å². The van der Waals surface area contributed by atoms with Gasteiger partial charge in [-0.1, -0.05) is 28.1 Å². The lowest BCUT2D eigenvalue weighted by atomic mass is 9.95. The van der Waals surface area contributed by atoms with Crippen LogP contribution in [0.4, 0.5) is 10.5 Å². The number of ether oxygens (including phenoxy) is 2. The summed E-state index contributed by atoms with van der Waals surface area (Å²) in [6.07, 6.45) is 2.89. The minimum Gasteiger partial charge on any atom is -0.491 e. The van der Waals surface area contributed by atoms with Crippen LogP contribution in [0.15, 0.2) is 46.9 Å². The lowest BCUT2D eigenvalue weighted by molar-refractivity contribution is -0.147. The number of anilines is 1. The van der Waals surface area contributed by atoms with Crippen LogP contribution in [0.1, 0.15) is 58.9 Å². The van der Waals surface area contributed by atoms with Crippen LogP contribution in [0.3, 0.4) is 0 Å². The summed E-state index contributed by atoms with van der Waals surface area (Å²) in [4.78, 5) is 45.9. The Bertz CT molecular complexity index is 1390. The third kappa shape index (κ3) is 8.23. The van der Waals surface area contributed by atoms with Gasteiger partial charge in [-0.05, 0) is 77.6 Å². The lowest BCUT2D eigenvalue weighted by Gasteiger charge is -2.38. The Morgan fingerprint density at radius 3 is 2.38 bits per heavy atom. The predicted molar refractivity (Wildman–Crippen MR) is 176 cm³/mol. The molecule has 2 saturated heterocycles. The normalized spacial score (nSPS) is 19.0. The van der Waals surface area contributed by atoms with Crippen molar-refractivity contribution in [3.05, 3.63) is 52.5 Å². The molecule has 0 spiro atoms. The Labute approximate surface area is 274 Å². The number of halogens is 1. The number of piperidine rings is 1. The van der Waals surface area contributed by atoms with Gasteiger partial charge < -0.3 is 34.2 Å². The Kier molecular flexibility index (Phi) is 10.2. The first kappa shape index (κ1) is 32.9. The summed E-state index contributed by atoms with van der Waals surface area (Å²) in [6.45, 7) is 10.8. The minimum atomic E-state index is -1.12. The highest BCUT2D eigenvalue weighted by molar-refractivity contribution is 9.10. The molecule has 1 aliphatic carbocycles. The van der Waals surface area contributed by atoms with Gasteiger partial charge in [-0.25, -0.2) is 4.79 Å². The topological polar surface area (TPSA) is 103 Å². The van der Waals surface area contributed by atoms with Crippen molar-refractivity contribution in [1.82, 2.24) is 14.7 Å². The van der Waals surface area contributed by atoms with Crippen LogP contribution >= 0.6 is 15.9 Å². The fraction of sp³-hybridized carbons (Fsp3) is 0.559. The summed E-state index contributed by atoms with van der Waals surface area (Å²) < 4.78 is 13.3. The third-order valence-electron chi connectivity index (χ3n) is 8.68. The van der Waals surface area contributed by atoms with Crippen molar-refractivity contribution in [1.29, 1.82) is 0 Å². The van der Waals surface area contributed by atoms with E-state index >= 15 is 0 Å². The molecule has 1 saturated carbocycles. The molecular weight excluding hydrogens is 640 g/mol. The molecule has 1 atom stereocenters. The van der Waals surface area contributed by atoms with Gasteiger partial charge in [0.05, 0.1) is 12.0 Å². The van der Waals surface area contributed by atoms with Crippen molar-refractivity contribution >= 4 is 39.5 Å². The maximum absolute atomic E-state index is 14.0. The maximum Gasteiger partial charge on any atom is 0.407 e. The number of carboxylic acid groups (broad SMARTS) is 1. The van der Waals surface area contributed by atoms with E-state index in [0.717, 1.165) is 53.7 Å². The zero-order valence-electron chi connectivity index (χ0n) is 26.7. The number of rotatable bonds is 10. The van der Waals surface area contributed by atoms with Crippen LogP contribution in [-0.2, 0) is 16.1 Å². The molecule has 5 rings (SSSR count). The molecule has 11 heteroatoms. The van der Waals surface area contributed by atoms with E-state index < -0.39 is 11.7 Å². The fourth-order valence-corrected chi connectivity index (χ4v) is 6.53. The summed E-state index contributed by atoms with van der Waals surface area (Å²) in [7, 11) is 0. The molecule has 3 aliphatic rings. The standard InChI is InChI=1S/C34H45BrN4O6/c1-23(2)44-30-19-26(35)11-10-24(30)22-39(27-12-13-27)31(40)25-7-6-14-38(21-25)28-8-5-9-29(20-28)45-34(3,4)32(41)36-15-17-37(18-16-36)33(42)43/h5,8-11,19-20,23,25,27H,6-7,12-18,21-22H2,1-4H3,(H,42,43). The van der Waals surface area contributed by atoms with Crippen LogP contribution in [0, 0.1) is 5.92 Å². The number of carbonyl (C=O) groups excluding carboxylic acids is 2. The molecular formula is C34H45BrN4O6. The highest BCUT2D eigenvalue weighted by Crippen LogP contribution is 2.35. The van der Waals surface area contributed by atoms with E-state index in [0.29, 0.717) is 31.9 Å². The molecule has 2 heterocycles. The molecule has 3 amide bonds. The molecule has 0 aromatic heterocycles. The number of piperazine rings is 1. The Hall–Kier alpha value is -3.47. The van der Waals surface area contributed by atoms with E-state index in [4.69, 9.17) is 9.47 Å². The third-order valence-corrected chi connectivity index (χ3v) is 9.18. The van der Waals surface area contributed by atoms with Gasteiger partial charge in [0.1, 0.15) is 11.5 Å². The number of hydrogen-bond donors (Lipinski definition) is 1. The van der Waals surface area contributed by atoms with E-state index in [2.05, 4.69) is 25.7 Å². The molecule has 0 radical (unpaired) electrons. The molecule has 2 aromatic carbocycles. The molecule has 2 aliphatic heterocycles. The highest BCUT2D eigenvalue weighted by Gasteiger charge is 2.39. The van der Waals surface area contributed by atoms with Crippen molar-refractivity contribution in [2.24, 2.45) is 5.92 Å². The molecule has 45 heavy (non-hydrogen) atoms. The average Bonchev–Trinajstić information content (AvgIpc) is 3.85. The van der Waals surface area contributed by atoms with Crippen LogP contribution in [0.25, 0.3) is 0 Å². The number of carbonyl (C=O) groups is 3. The quantitative estimate of drug-likeness (QED) is 0.346. The SMILES string of the molecule is CC(C)Oc1cc(Br)ccc1CN(C(=O)C1CCCN(c2cccc(OC(C)(C)C(=O)N3CCN(C(=O)O)CC3)c2)C1)C1CC1. The minimum absolute atomic E-state index is 0.0352. The molecule has 10 nitrogen and oxygen atoms in total. The number of amides is 3. The molecule has 244 valence electrons. The van der Waals surface area contributed by atoms with Gasteiger partial charge in [0.2, 0.25) is 5.91 Å². The monoisotopic (exact) mass is 684 g/mol. The first-order valence-corrected chi connectivity index (χ1v) is 16.8. The van der Waals surface area contributed by atoms with Gasteiger partial charge in [0, 0.05) is 73.6 Å². The zero-order valence-corrected chi connectivity index (χ0v) is 28.3. The first-order chi connectivity index (χ1) is 21.4. The summed E-state index contributed by atoms with van der Waals surface area (Å²) in [5.74, 6) is 1.30. The lowest BCUT2D eigenvalue weighted by Crippen LogP contribution is -2.56. The highest BCUT2D eigenvalue weighted by atomic mass is 79.9. The van der Waals surface area contributed by atoms with Gasteiger partial charge in [-0.15, -0.1) is 0 Å². The van der Waals surface area contributed by atoms with Gasteiger partial charge in [0.25, 0.3) is 5.91 Å². The van der Waals surface area contributed by atoms with E-state index in [1.807, 2.05) is 56.3 Å². The van der Waals surface area contributed by atoms with Gasteiger partial charge in [-0.3, -0.25) is 9.59 Å². The van der Waals surface area contributed by atoms with Crippen LogP contribution in [0.2, 0.25) is 0 Å².